The van der Waals surface area contributed by atoms with Gasteiger partial charge in [-0.05, 0) is 17.5 Å². The van der Waals surface area contributed by atoms with E-state index in [4.69, 9.17) is 0 Å². The van der Waals surface area contributed by atoms with E-state index in [1.165, 1.54) is 23.5 Å². The van der Waals surface area contributed by atoms with Crippen LogP contribution in [0.25, 0.3) is 21.0 Å². The van der Waals surface area contributed by atoms with Crippen LogP contribution >= 0.6 is 22.7 Å². The van der Waals surface area contributed by atoms with Gasteiger partial charge in [0, 0.05) is 18.5 Å². The van der Waals surface area contributed by atoms with Gasteiger partial charge in [0.15, 0.2) is 4.80 Å². The summed E-state index contributed by atoms with van der Waals surface area (Å²) in [7, 11) is 1.86. The molecule has 0 saturated heterocycles. The second-order valence-corrected chi connectivity index (χ2v) is 7.43. The molecule has 2 aromatic heterocycles. The van der Waals surface area contributed by atoms with Crippen LogP contribution in [-0.4, -0.2) is 15.4 Å². The van der Waals surface area contributed by atoms with E-state index in [9.17, 15) is 14.9 Å². The molecule has 0 aliphatic rings. The highest BCUT2D eigenvalue weighted by atomic mass is 32.1. The van der Waals surface area contributed by atoms with E-state index in [1.807, 2.05) is 48.0 Å². The highest BCUT2D eigenvalue weighted by Crippen LogP contribution is 2.27. The van der Waals surface area contributed by atoms with Crippen LogP contribution in [0.15, 0.2) is 53.5 Å². The molecular weight excluding hydrogens is 358 g/mol. The van der Waals surface area contributed by atoms with Gasteiger partial charge in [-0.3, -0.25) is 14.9 Å². The number of thiophene rings is 1. The fraction of sp³-hybridized carbons (Fsp3) is 0.0588. The number of hydrogen-bond donors (Lipinski definition) is 0. The smallest absolute Gasteiger partial charge is 0.319 e. The Morgan fingerprint density at radius 2 is 1.92 bits per heavy atom. The average molecular weight is 369 g/mol. The fourth-order valence-corrected chi connectivity index (χ4v) is 4.50. The first kappa shape index (κ1) is 15.7. The van der Waals surface area contributed by atoms with Crippen molar-refractivity contribution in [1.29, 1.82) is 0 Å². The molecule has 0 spiro atoms. The quantitative estimate of drug-likeness (QED) is 0.394. The fourth-order valence-electron chi connectivity index (χ4n) is 2.65. The molecule has 1 amide bonds. The van der Waals surface area contributed by atoms with E-state index < -0.39 is 10.8 Å². The van der Waals surface area contributed by atoms with Gasteiger partial charge in [0.1, 0.15) is 4.88 Å². The second-order valence-electron chi connectivity index (χ2n) is 5.39. The van der Waals surface area contributed by atoms with Gasteiger partial charge >= 0.3 is 5.00 Å². The molecule has 8 heteroatoms. The van der Waals surface area contributed by atoms with Crippen LogP contribution in [-0.2, 0) is 7.05 Å². The van der Waals surface area contributed by atoms with Gasteiger partial charge in [0.05, 0.1) is 15.1 Å². The lowest BCUT2D eigenvalue weighted by atomic mass is 10.1. The van der Waals surface area contributed by atoms with E-state index >= 15 is 0 Å². The number of thiazole rings is 1. The number of fused-ring (bicyclic) bond motifs is 3. The predicted molar refractivity (Wildman–Crippen MR) is 99.2 cm³/mol. The van der Waals surface area contributed by atoms with Gasteiger partial charge < -0.3 is 4.57 Å². The standard InChI is InChI=1S/C17H11N3O3S2/c1-19-12-7-6-10-4-2-3-5-11(10)15(12)25-17(19)18-16(21)13-8-9-14(24-13)20(22)23/h2-9H,1H3. The first-order valence-corrected chi connectivity index (χ1v) is 8.98. The lowest BCUT2D eigenvalue weighted by Crippen LogP contribution is -2.12. The molecule has 124 valence electrons. The summed E-state index contributed by atoms with van der Waals surface area (Å²) in [5, 5.41) is 12.9. The Morgan fingerprint density at radius 1 is 1.12 bits per heavy atom. The Morgan fingerprint density at radius 3 is 2.68 bits per heavy atom. The van der Waals surface area contributed by atoms with Crippen molar-refractivity contribution < 1.29 is 9.72 Å². The summed E-state index contributed by atoms with van der Waals surface area (Å²) in [4.78, 5) is 27.6. The van der Waals surface area contributed by atoms with Crippen LogP contribution in [0.2, 0.25) is 0 Å². The van der Waals surface area contributed by atoms with Gasteiger partial charge in [-0.15, -0.1) is 0 Å². The number of rotatable bonds is 2. The Hall–Kier alpha value is -2.84. The zero-order chi connectivity index (χ0) is 17.6. The van der Waals surface area contributed by atoms with Crippen molar-refractivity contribution in [2.75, 3.05) is 0 Å². The number of carbonyl (C=O) groups excluding carboxylic acids is 1. The van der Waals surface area contributed by atoms with Crippen molar-refractivity contribution >= 4 is 54.6 Å². The molecule has 2 heterocycles. The van der Waals surface area contributed by atoms with Crippen LogP contribution in [0, 0.1) is 10.1 Å². The summed E-state index contributed by atoms with van der Waals surface area (Å²) in [6, 6.07) is 14.9. The van der Waals surface area contributed by atoms with Gasteiger partial charge in [-0.25, -0.2) is 0 Å². The Labute approximate surface area is 149 Å². The van der Waals surface area contributed by atoms with E-state index in [0.29, 0.717) is 4.80 Å². The molecule has 0 fully saturated rings. The lowest BCUT2D eigenvalue weighted by molar-refractivity contribution is -0.380. The van der Waals surface area contributed by atoms with E-state index in [0.717, 1.165) is 32.3 Å². The summed E-state index contributed by atoms with van der Waals surface area (Å²) < 4.78 is 2.93. The highest BCUT2D eigenvalue weighted by Gasteiger charge is 2.15. The second kappa shape index (κ2) is 5.91. The van der Waals surface area contributed by atoms with Crippen LogP contribution in [0.1, 0.15) is 9.67 Å². The zero-order valence-electron chi connectivity index (χ0n) is 13.0. The molecule has 0 aliphatic carbocycles. The third kappa shape index (κ3) is 2.65. The number of hydrogen-bond acceptors (Lipinski definition) is 5. The molecule has 6 nitrogen and oxygen atoms in total. The van der Waals surface area contributed by atoms with Crippen molar-refractivity contribution in [3.63, 3.8) is 0 Å². The van der Waals surface area contributed by atoms with Crippen LogP contribution < -0.4 is 4.80 Å². The minimum absolute atomic E-state index is 0.0646. The molecule has 0 radical (unpaired) electrons. The van der Waals surface area contributed by atoms with Crippen molar-refractivity contribution in [2.45, 2.75) is 0 Å². The average Bonchev–Trinajstić information content (AvgIpc) is 3.21. The molecule has 25 heavy (non-hydrogen) atoms. The minimum atomic E-state index is -0.507. The van der Waals surface area contributed by atoms with Crippen molar-refractivity contribution in [1.82, 2.24) is 4.57 Å². The molecule has 0 bridgehead atoms. The summed E-state index contributed by atoms with van der Waals surface area (Å²) in [6.45, 7) is 0. The summed E-state index contributed by atoms with van der Waals surface area (Å²) in [5.41, 5.74) is 0.993. The number of aromatic nitrogens is 1. The summed E-state index contributed by atoms with van der Waals surface area (Å²) in [6.07, 6.45) is 0. The molecule has 4 rings (SSSR count). The number of nitro groups is 1. The molecule has 4 aromatic rings. The molecule has 0 unspecified atom stereocenters. The lowest BCUT2D eigenvalue weighted by Gasteiger charge is -1.99. The highest BCUT2D eigenvalue weighted by molar-refractivity contribution is 7.18. The van der Waals surface area contributed by atoms with Crippen molar-refractivity contribution in [3.05, 3.63) is 68.3 Å². The van der Waals surface area contributed by atoms with E-state index in [-0.39, 0.29) is 9.88 Å². The summed E-state index contributed by atoms with van der Waals surface area (Å²) in [5.74, 6) is -0.468. The molecule has 0 N–H and O–H groups in total. The number of nitrogens with zero attached hydrogens (tertiary/aromatic N) is 3. The maximum atomic E-state index is 12.4. The Bertz CT molecular complexity index is 1220. The SMILES string of the molecule is Cn1c(=NC(=O)c2ccc([N+](=O)[O-])s2)sc2c3ccccc3ccc21. The third-order valence-corrected chi connectivity index (χ3v) is 6.09. The first-order valence-electron chi connectivity index (χ1n) is 7.35. The molecular formula is C17H11N3O3S2. The molecule has 0 atom stereocenters. The van der Waals surface area contributed by atoms with Crippen LogP contribution in [0.3, 0.4) is 0 Å². The normalized spacial score (nSPS) is 12.1. The van der Waals surface area contributed by atoms with Crippen LogP contribution in [0.5, 0.6) is 0 Å². The number of amides is 1. The van der Waals surface area contributed by atoms with E-state index in [1.54, 1.807) is 0 Å². The predicted octanol–water partition coefficient (Wildman–Crippen LogP) is 4.10. The first-order chi connectivity index (χ1) is 12.0. The maximum Gasteiger partial charge on any atom is 0.324 e. The Balaban J connectivity index is 1.86. The topological polar surface area (TPSA) is 77.5 Å². The minimum Gasteiger partial charge on any atom is -0.319 e. The number of benzene rings is 2. The zero-order valence-corrected chi connectivity index (χ0v) is 14.6. The van der Waals surface area contributed by atoms with Gasteiger partial charge in [-0.2, -0.15) is 4.99 Å². The van der Waals surface area contributed by atoms with Gasteiger partial charge in [-0.1, -0.05) is 53.0 Å². The third-order valence-electron chi connectivity index (χ3n) is 3.88. The van der Waals surface area contributed by atoms with Crippen LogP contribution in [0.4, 0.5) is 5.00 Å². The number of carbonyl (C=O) groups is 1. The molecule has 0 saturated carbocycles. The van der Waals surface area contributed by atoms with Gasteiger partial charge in [0.2, 0.25) is 0 Å². The van der Waals surface area contributed by atoms with Crippen molar-refractivity contribution in [2.24, 2.45) is 12.0 Å². The molecule has 0 aliphatic heterocycles. The van der Waals surface area contributed by atoms with Gasteiger partial charge in [0.25, 0.3) is 5.91 Å². The Kier molecular flexibility index (Phi) is 3.70. The number of aryl methyl sites for hydroxylation is 1. The molecule has 2 aromatic carbocycles. The van der Waals surface area contributed by atoms with E-state index in [2.05, 4.69) is 4.99 Å². The maximum absolute atomic E-state index is 12.4. The van der Waals surface area contributed by atoms with Crippen molar-refractivity contribution in [3.8, 4) is 0 Å². The summed E-state index contributed by atoms with van der Waals surface area (Å²) >= 11 is 2.27. The largest absolute Gasteiger partial charge is 0.324 e. The monoisotopic (exact) mass is 369 g/mol.